The Balaban J connectivity index is 2.89. The van der Waals surface area contributed by atoms with Crippen LogP contribution in [0.4, 0.5) is 0 Å². The summed E-state index contributed by atoms with van der Waals surface area (Å²) in [5.41, 5.74) is 0.742. The van der Waals surface area contributed by atoms with Gasteiger partial charge in [0.25, 0.3) is 0 Å². The summed E-state index contributed by atoms with van der Waals surface area (Å²) in [7, 11) is 0. The Hall–Kier alpha value is -0.340. The summed E-state index contributed by atoms with van der Waals surface area (Å²) < 4.78 is 0. The van der Waals surface area contributed by atoms with E-state index in [2.05, 4.69) is 10.2 Å². The van der Waals surface area contributed by atoms with E-state index in [1.54, 1.807) is 12.1 Å². The van der Waals surface area contributed by atoms with Crippen molar-refractivity contribution in [2.45, 2.75) is 12.3 Å². The minimum Gasteiger partial charge on any atom is -0.153 e. The first kappa shape index (κ1) is 7.76. The van der Waals surface area contributed by atoms with Gasteiger partial charge in [-0.3, -0.25) is 0 Å². The van der Waals surface area contributed by atoms with Gasteiger partial charge in [0.05, 0.1) is 11.1 Å². The van der Waals surface area contributed by atoms with Crippen LogP contribution in [0.3, 0.4) is 0 Å². The van der Waals surface area contributed by atoms with Crippen molar-refractivity contribution in [2.24, 2.45) is 0 Å². The number of rotatable bonds is 1. The molecule has 0 amide bonds. The largest absolute Gasteiger partial charge is 0.153 e. The van der Waals surface area contributed by atoms with Gasteiger partial charge in [0, 0.05) is 0 Å². The molecular weight excluding hydrogens is 171 g/mol. The molecule has 0 saturated heterocycles. The average Bonchev–Trinajstić information content (AvgIpc) is 1.88. The highest BCUT2D eigenvalue weighted by Crippen LogP contribution is 2.16. The summed E-state index contributed by atoms with van der Waals surface area (Å²) in [5, 5.41) is 7.68. The lowest BCUT2D eigenvalue weighted by molar-refractivity contribution is 0.899. The predicted octanol–water partition coefficient (Wildman–Crippen LogP) is 2.43. The molecule has 2 nitrogen and oxygen atoms in total. The molecule has 0 spiro atoms. The van der Waals surface area contributed by atoms with Crippen LogP contribution in [0, 0.1) is 0 Å². The van der Waals surface area contributed by atoms with Gasteiger partial charge in [0.1, 0.15) is 0 Å². The number of aromatic nitrogens is 2. The lowest BCUT2D eigenvalue weighted by atomic mass is 10.3. The van der Waals surface area contributed by atoms with Crippen LogP contribution in [0.15, 0.2) is 12.1 Å². The minimum absolute atomic E-state index is 0.107. The molecule has 1 aromatic rings. The Bertz CT molecular complexity index is 207. The molecule has 1 atom stereocenters. The quantitative estimate of drug-likeness (QED) is 0.615. The van der Waals surface area contributed by atoms with Crippen molar-refractivity contribution in [1.82, 2.24) is 10.2 Å². The first-order valence-corrected chi connectivity index (χ1v) is 3.65. The standard InChI is InChI=1S/C6H6Cl2N2/c1-4(7)5-2-3-6(8)10-9-5/h2-4H,1H3. The molecule has 0 aromatic carbocycles. The van der Waals surface area contributed by atoms with Crippen LogP contribution in [-0.4, -0.2) is 10.2 Å². The number of alkyl halides is 1. The second kappa shape index (κ2) is 3.17. The second-order valence-corrected chi connectivity index (χ2v) is 2.94. The fourth-order valence-corrected chi connectivity index (χ4v) is 0.756. The summed E-state index contributed by atoms with van der Waals surface area (Å²) in [4.78, 5) is 0. The van der Waals surface area contributed by atoms with E-state index in [9.17, 15) is 0 Å². The Morgan fingerprint density at radius 1 is 1.40 bits per heavy atom. The normalized spacial score (nSPS) is 13.1. The predicted molar refractivity (Wildman–Crippen MR) is 41.3 cm³/mol. The molecule has 1 rings (SSSR count). The molecule has 0 aliphatic carbocycles. The molecule has 0 aliphatic heterocycles. The van der Waals surface area contributed by atoms with Crippen molar-refractivity contribution in [3.8, 4) is 0 Å². The Kier molecular flexibility index (Phi) is 2.46. The summed E-state index contributed by atoms with van der Waals surface area (Å²) in [5.74, 6) is 0. The summed E-state index contributed by atoms with van der Waals surface area (Å²) in [6.07, 6.45) is 0. The van der Waals surface area contributed by atoms with Gasteiger partial charge >= 0.3 is 0 Å². The number of hydrogen-bond acceptors (Lipinski definition) is 2. The van der Waals surface area contributed by atoms with Crippen LogP contribution >= 0.6 is 23.2 Å². The summed E-state index contributed by atoms with van der Waals surface area (Å²) in [6, 6.07) is 3.43. The molecular formula is C6H6Cl2N2. The van der Waals surface area contributed by atoms with E-state index in [-0.39, 0.29) is 5.38 Å². The highest BCUT2D eigenvalue weighted by atomic mass is 35.5. The van der Waals surface area contributed by atoms with Gasteiger partial charge in [-0.15, -0.1) is 16.7 Å². The van der Waals surface area contributed by atoms with Crippen LogP contribution in [0.1, 0.15) is 18.0 Å². The van der Waals surface area contributed by atoms with Crippen molar-refractivity contribution in [3.63, 3.8) is 0 Å². The molecule has 54 valence electrons. The van der Waals surface area contributed by atoms with Gasteiger partial charge in [-0.25, -0.2) is 0 Å². The number of halogens is 2. The Morgan fingerprint density at radius 2 is 2.10 bits per heavy atom. The van der Waals surface area contributed by atoms with Crippen molar-refractivity contribution in [2.75, 3.05) is 0 Å². The van der Waals surface area contributed by atoms with E-state index >= 15 is 0 Å². The molecule has 1 heterocycles. The van der Waals surface area contributed by atoms with Gasteiger partial charge in [-0.2, -0.15) is 5.10 Å². The van der Waals surface area contributed by atoms with E-state index < -0.39 is 0 Å². The summed E-state index contributed by atoms with van der Waals surface area (Å²) in [6.45, 7) is 1.83. The zero-order valence-electron chi connectivity index (χ0n) is 5.38. The lowest BCUT2D eigenvalue weighted by Crippen LogP contribution is -1.91. The van der Waals surface area contributed by atoms with Gasteiger partial charge < -0.3 is 0 Å². The van der Waals surface area contributed by atoms with Crippen LogP contribution < -0.4 is 0 Å². The van der Waals surface area contributed by atoms with Crippen LogP contribution in [0.2, 0.25) is 5.15 Å². The Labute approximate surface area is 69.2 Å². The van der Waals surface area contributed by atoms with Crippen molar-refractivity contribution < 1.29 is 0 Å². The SMILES string of the molecule is CC(Cl)c1ccc(Cl)nn1. The molecule has 0 saturated carbocycles. The molecule has 0 bridgehead atoms. The number of hydrogen-bond donors (Lipinski definition) is 0. The molecule has 0 aliphatic rings. The zero-order chi connectivity index (χ0) is 7.56. The van der Waals surface area contributed by atoms with Crippen molar-refractivity contribution in [3.05, 3.63) is 23.0 Å². The molecule has 0 radical (unpaired) electrons. The topological polar surface area (TPSA) is 25.8 Å². The van der Waals surface area contributed by atoms with E-state index in [0.717, 1.165) is 5.69 Å². The third-order valence-corrected chi connectivity index (χ3v) is 1.49. The van der Waals surface area contributed by atoms with Gasteiger partial charge in [0.15, 0.2) is 5.15 Å². The fourth-order valence-electron chi connectivity index (χ4n) is 0.538. The molecule has 1 unspecified atom stereocenters. The van der Waals surface area contributed by atoms with E-state index in [4.69, 9.17) is 23.2 Å². The van der Waals surface area contributed by atoms with E-state index in [1.807, 2.05) is 6.92 Å². The molecule has 10 heavy (non-hydrogen) atoms. The van der Waals surface area contributed by atoms with Crippen LogP contribution in [0.5, 0.6) is 0 Å². The molecule has 0 N–H and O–H groups in total. The molecule has 0 fully saturated rings. The van der Waals surface area contributed by atoms with Gasteiger partial charge in [-0.05, 0) is 19.1 Å². The van der Waals surface area contributed by atoms with E-state index in [0.29, 0.717) is 5.15 Å². The highest BCUT2D eigenvalue weighted by molar-refractivity contribution is 6.29. The third-order valence-electron chi connectivity index (χ3n) is 1.06. The maximum absolute atomic E-state index is 5.71. The van der Waals surface area contributed by atoms with Crippen molar-refractivity contribution in [1.29, 1.82) is 0 Å². The molecule has 1 aromatic heterocycles. The van der Waals surface area contributed by atoms with Crippen LogP contribution in [-0.2, 0) is 0 Å². The third kappa shape index (κ3) is 1.82. The lowest BCUT2D eigenvalue weighted by Gasteiger charge is -1.98. The minimum atomic E-state index is -0.107. The smallest absolute Gasteiger partial charge is 0.151 e. The maximum atomic E-state index is 5.71. The number of nitrogens with zero attached hydrogens (tertiary/aromatic N) is 2. The monoisotopic (exact) mass is 176 g/mol. The second-order valence-electron chi connectivity index (χ2n) is 1.90. The highest BCUT2D eigenvalue weighted by Gasteiger charge is 2.01. The first-order chi connectivity index (χ1) is 4.70. The zero-order valence-corrected chi connectivity index (χ0v) is 6.89. The van der Waals surface area contributed by atoms with E-state index in [1.165, 1.54) is 0 Å². The maximum Gasteiger partial charge on any atom is 0.151 e. The van der Waals surface area contributed by atoms with Crippen molar-refractivity contribution >= 4 is 23.2 Å². The van der Waals surface area contributed by atoms with Crippen LogP contribution in [0.25, 0.3) is 0 Å². The van der Waals surface area contributed by atoms with Gasteiger partial charge in [0.2, 0.25) is 0 Å². The molecule has 4 heteroatoms. The fraction of sp³-hybridized carbons (Fsp3) is 0.333. The average molecular weight is 177 g/mol. The summed E-state index contributed by atoms with van der Waals surface area (Å²) >= 11 is 11.2. The first-order valence-electron chi connectivity index (χ1n) is 2.83. The van der Waals surface area contributed by atoms with Gasteiger partial charge in [-0.1, -0.05) is 11.6 Å². The Morgan fingerprint density at radius 3 is 2.50 bits per heavy atom.